The van der Waals surface area contributed by atoms with Gasteiger partial charge in [-0.15, -0.1) is 0 Å². The van der Waals surface area contributed by atoms with Gasteiger partial charge in [0.15, 0.2) is 24.0 Å². The molecule has 0 atom stereocenters. The molecule has 6 nitrogen and oxygen atoms in total. The fourth-order valence-corrected chi connectivity index (χ4v) is 1.88. The largest absolute Gasteiger partial charge is 0.454 e. The quantitative estimate of drug-likeness (QED) is 0.685. The number of ether oxygens (including phenoxy) is 1. The number of carbonyl (C=O) groups excluding carboxylic acids is 2. The zero-order chi connectivity index (χ0) is 16.4. The smallest absolute Gasteiger partial charge is 0.344 e. The van der Waals surface area contributed by atoms with Crippen LogP contribution in [0.1, 0.15) is 26.4 Å². The van der Waals surface area contributed by atoms with Crippen LogP contribution < -0.4 is 5.73 Å². The van der Waals surface area contributed by atoms with E-state index in [2.05, 4.69) is 5.10 Å². The van der Waals surface area contributed by atoms with Crippen LogP contribution in [-0.2, 0) is 11.8 Å². The van der Waals surface area contributed by atoms with Crippen molar-refractivity contribution in [2.45, 2.75) is 6.92 Å². The number of carbonyl (C=O) groups is 2. The molecule has 1 aromatic carbocycles. The molecular formula is C14H13F2N3O3. The van der Waals surface area contributed by atoms with E-state index in [1.165, 1.54) is 4.68 Å². The van der Waals surface area contributed by atoms with Gasteiger partial charge in [-0.05, 0) is 25.1 Å². The van der Waals surface area contributed by atoms with Gasteiger partial charge < -0.3 is 10.5 Å². The van der Waals surface area contributed by atoms with Crippen LogP contribution in [0.15, 0.2) is 18.2 Å². The van der Waals surface area contributed by atoms with E-state index in [1.807, 2.05) is 0 Å². The Hall–Kier alpha value is -2.77. The molecule has 0 spiro atoms. The van der Waals surface area contributed by atoms with Crippen molar-refractivity contribution >= 4 is 17.6 Å². The molecule has 0 aliphatic heterocycles. The zero-order valence-electron chi connectivity index (χ0n) is 11.9. The van der Waals surface area contributed by atoms with Crippen LogP contribution in [0.3, 0.4) is 0 Å². The number of rotatable bonds is 4. The lowest BCUT2D eigenvalue weighted by Crippen LogP contribution is -2.16. The Morgan fingerprint density at radius 1 is 1.32 bits per heavy atom. The standard InChI is InChI=1S/C14H13F2N3O3/c1-7-12(13(17)19(2)18-7)14(21)22-6-11(20)8-3-4-9(15)10(16)5-8/h3-5H,6,17H2,1-2H3. The van der Waals surface area contributed by atoms with Crippen molar-refractivity contribution in [3.63, 3.8) is 0 Å². The van der Waals surface area contributed by atoms with Crippen LogP contribution in [0.4, 0.5) is 14.6 Å². The predicted molar refractivity (Wildman–Crippen MR) is 73.3 cm³/mol. The number of benzene rings is 1. The number of nitrogens with zero attached hydrogens (tertiary/aromatic N) is 2. The van der Waals surface area contributed by atoms with Crippen LogP contribution in [-0.4, -0.2) is 28.1 Å². The molecule has 1 heterocycles. The Balaban J connectivity index is 2.07. The third-order valence-corrected chi connectivity index (χ3v) is 3.05. The fraction of sp³-hybridized carbons (Fsp3) is 0.214. The molecule has 0 fully saturated rings. The summed E-state index contributed by atoms with van der Waals surface area (Å²) in [5.74, 6) is -3.56. The van der Waals surface area contributed by atoms with Crippen molar-refractivity contribution in [1.29, 1.82) is 0 Å². The number of hydrogen-bond donors (Lipinski definition) is 1. The minimum Gasteiger partial charge on any atom is -0.454 e. The summed E-state index contributed by atoms with van der Waals surface area (Å²) in [6.45, 7) is 0.960. The van der Waals surface area contributed by atoms with Crippen molar-refractivity contribution in [3.05, 3.63) is 46.7 Å². The van der Waals surface area contributed by atoms with Crippen LogP contribution >= 0.6 is 0 Å². The highest BCUT2D eigenvalue weighted by atomic mass is 19.2. The van der Waals surface area contributed by atoms with Gasteiger partial charge in [-0.3, -0.25) is 9.48 Å². The molecule has 8 heteroatoms. The monoisotopic (exact) mass is 309 g/mol. The lowest BCUT2D eigenvalue weighted by molar-refractivity contribution is 0.0475. The maximum Gasteiger partial charge on any atom is 0.344 e. The first-order chi connectivity index (χ1) is 10.3. The summed E-state index contributed by atoms with van der Waals surface area (Å²) in [6.07, 6.45) is 0. The van der Waals surface area contributed by atoms with E-state index in [1.54, 1.807) is 14.0 Å². The van der Waals surface area contributed by atoms with Gasteiger partial charge >= 0.3 is 5.97 Å². The molecule has 2 aromatic rings. The topological polar surface area (TPSA) is 87.2 Å². The number of esters is 1. The first-order valence-electron chi connectivity index (χ1n) is 6.25. The van der Waals surface area contributed by atoms with Crippen LogP contribution in [0, 0.1) is 18.6 Å². The van der Waals surface area contributed by atoms with Crippen molar-refractivity contribution in [2.75, 3.05) is 12.3 Å². The molecule has 0 saturated carbocycles. The van der Waals surface area contributed by atoms with Crippen molar-refractivity contribution < 1.29 is 23.1 Å². The SMILES string of the molecule is Cc1nn(C)c(N)c1C(=O)OCC(=O)c1ccc(F)c(F)c1. The van der Waals surface area contributed by atoms with E-state index < -0.39 is 30.0 Å². The molecule has 0 aliphatic carbocycles. The zero-order valence-corrected chi connectivity index (χ0v) is 11.9. The molecule has 0 bridgehead atoms. The number of nitrogen functional groups attached to an aromatic ring is 1. The molecule has 0 radical (unpaired) electrons. The Kier molecular flexibility index (Phi) is 4.20. The van der Waals surface area contributed by atoms with Gasteiger partial charge in [-0.25, -0.2) is 13.6 Å². The van der Waals surface area contributed by atoms with Crippen LogP contribution in [0.2, 0.25) is 0 Å². The summed E-state index contributed by atoms with van der Waals surface area (Å²) in [6, 6.07) is 2.68. The third kappa shape index (κ3) is 2.95. The molecule has 1 aromatic heterocycles. The van der Waals surface area contributed by atoms with Gasteiger partial charge in [0.2, 0.25) is 0 Å². The van der Waals surface area contributed by atoms with Crippen molar-refractivity contribution in [1.82, 2.24) is 9.78 Å². The average molecular weight is 309 g/mol. The second kappa shape index (κ2) is 5.92. The number of hydrogen-bond acceptors (Lipinski definition) is 5. The number of ketones is 1. The van der Waals surface area contributed by atoms with E-state index in [9.17, 15) is 18.4 Å². The summed E-state index contributed by atoms with van der Waals surface area (Å²) in [5.41, 5.74) is 6.02. The van der Waals surface area contributed by atoms with Crippen LogP contribution in [0.25, 0.3) is 0 Å². The molecule has 22 heavy (non-hydrogen) atoms. The summed E-state index contributed by atoms with van der Waals surface area (Å²) < 4.78 is 32.0. The Bertz CT molecular complexity index is 756. The van der Waals surface area contributed by atoms with E-state index in [0.717, 1.165) is 18.2 Å². The number of aromatic nitrogens is 2. The molecular weight excluding hydrogens is 296 g/mol. The van der Waals surface area contributed by atoms with E-state index in [4.69, 9.17) is 10.5 Å². The van der Waals surface area contributed by atoms with Crippen molar-refractivity contribution in [3.8, 4) is 0 Å². The number of anilines is 1. The molecule has 0 saturated heterocycles. The van der Waals surface area contributed by atoms with Crippen LogP contribution in [0.5, 0.6) is 0 Å². The summed E-state index contributed by atoms with van der Waals surface area (Å²) in [4.78, 5) is 23.7. The van der Waals surface area contributed by atoms with E-state index in [0.29, 0.717) is 5.69 Å². The molecule has 2 rings (SSSR count). The summed E-state index contributed by atoms with van der Waals surface area (Å²) in [7, 11) is 1.56. The first kappa shape index (κ1) is 15.6. The third-order valence-electron chi connectivity index (χ3n) is 3.05. The van der Waals surface area contributed by atoms with Gasteiger partial charge in [-0.1, -0.05) is 0 Å². The van der Waals surface area contributed by atoms with Gasteiger partial charge in [0.25, 0.3) is 0 Å². The van der Waals surface area contributed by atoms with E-state index in [-0.39, 0.29) is 16.9 Å². The Morgan fingerprint density at radius 3 is 2.55 bits per heavy atom. The van der Waals surface area contributed by atoms with Gasteiger partial charge in [0, 0.05) is 12.6 Å². The highest BCUT2D eigenvalue weighted by Crippen LogP contribution is 2.16. The second-order valence-corrected chi connectivity index (χ2v) is 4.60. The molecule has 0 amide bonds. The number of aryl methyl sites for hydroxylation is 2. The van der Waals surface area contributed by atoms with Gasteiger partial charge in [0.05, 0.1) is 5.69 Å². The molecule has 116 valence electrons. The Morgan fingerprint density at radius 2 is 2.00 bits per heavy atom. The number of nitrogens with two attached hydrogens (primary N) is 1. The first-order valence-corrected chi connectivity index (χ1v) is 6.25. The normalized spacial score (nSPS) is 10.5. The highest BCUT2D eigenvalue weighted by Gasteiger charge is 2.21. The predicted octanol–water partition coefficient (Wildman–Crippen LogP) is 1.63. The number of halogens is 2. The maximum atomic E-state index is 13.0. The average Bonchev–Trinajstić information content (AvgIpc) is 2.72. The Labute approximate surface area is 124 Å². The highest BCUT2D eigenvalue weighted by molar-refractivity contribution is 6.00. The second-order valence-electron chi connectivity index (χ2n) is 4.60. The fourth-order valence-electron chi connectivity index (χ4n) is 1.88. The lowest BCUT2D eigenvalue weighted by Gasteiger charge is -2.05. The van der Waals surface area contributed by atoms with Crippen molar-refractivity contribution in [2.24, 2.45) is 7.05 Å². The molecule has 2 N–H and O–H groups in total. The molecule has 0 unspecified atom stereocenters. The number of Topliss-reactive ketones (excluding diaryl/α,β-unsaturated/α-hetero) is 1. The molecule has 0 aliphatic rings. The minimum absolute atomic E-state index is 0.0700. The minimum atomic E-state index is -1.15. The lowest BCUT2D eigenvalue weighted by atomic mass is 10.1. The van der Waals surface area contributed by atoms with E-state index >= 15 is 0 Å². The maximum absolute atomic E-state index is 13.0. The summed E-state index contributed by atoms with van der Waals surface area (Å²) in [5, 5.41) is 3.95. The summed E-state index contributed by atoms with van der Waals surface area (Å²) >= 11 is 0. The van der Waals surface area contributed by atoms with Gasteiger partial charge in [0.1, 0.15) is 11.4 Å². The van der Waals surface area contributed by atoms with Gasteiger partial charge in [-0.2, -0.15) is 5.10 Å².